The van der Waals surface area contributed by atoms with Gasteiger partial charge in [-0.25, -0.2) is 9.98 Å². The number of hydrogen-bond acceptors (Lipinski definition) is 5. The summed E-state index contributed by atoms with van der Waals surface area (Å²) < 4.78 is 0. The van der Waals surface area contributed by atoms with Gasteiger partial charge in [0.15, 0.2) is 6.29 Å². The molecule has 58 valence electrons. The Morgan fingerprint density at radius 1 is 1.64 bits per heavy atom. The number of rotatable bonds is 0. The number of hydrogen-bond donors (Lipinski definition) is 3. The first-order valence-corrected chi connectivity index (χ1v) is 3.39. The number of amidine groups is 1. The lowest BCUT2D eigenvalue weighted by Gasteiger charge is -2.18. The van der Waals surface area contributed by atoms with Crippen LogP contribution in [0.3, 0.4) is 0 Å². The van der Waals surface area contributed by atoms with Gasteiger partial charge in [-0.1, -0.05) is 0 Å². The molecule has 0 amide bonds. The van der Waals surface area contributed by atoms with Crippen LogP contribution >= 0.6 is 0 Å². The minimum Gasteiger partial charge on any atom is -0.384 e. The molecule has 5 nitrogen and oxygen atoms in total. The second-order valence-electron chi connectivity index (χ2n) is 2.45. The van der Waals surface area contributed by atoms with Crippen LogP contribution in [0.2, 0.25) is 0 Å². The van der Waals surface area contributed by atoms with E-state index in [2.05, 4.69) is 15.3 Å². The van der Waals surface area contributed by atoms with Crippen molar-refractivity contribution in [2.75, 3.05) is 0 Å². The molecule has 0 bridgehead atoms. The van der Waals surface area contributed by atoms with Crippen molar-refractivity contribution in [2.24, 2.45) is 21.5 Å². The van der Waals surface area contributed by atoms with Crippen LogP contribution in [0.5, 0.6) is 0 Å². The largest absolute Gasteiger partial charge is 0.384 e. The molecule has 2 rings (SSSR count). The van der Waals surface area contributed by atoms with Gasteiger partial charge in [0.05, 0.1) is 0 Å². The molecule has 0 saturated carbocycles. The maximum atomic E-state index is 5.60. The van der Waals surface area contributed by atoms with Crippen molar-refractivity contribution < 1.29 is 0 Å². The molecule has 5 heteroatoms. The number of nitrogens with two attached hydrogens (primary N) is 2. The third-order valence-corrected chi connectivity index (χ3v) is 1.67. The van der Waals surface area contributed by atoms with Gasteiger partial charge in [0.1, 0.15) is 11.7 Å². The molecule has 0 aliphatic carbocycles. The maximum absolute atomic E-state index is 5.60. The van der Waals surface area contributed by atoms with Crippen molar-refractivity contribution >= 4 is 12.1 Å². The molecule has 5 N–H and O–H groups in total. The summed E-state index contributed by atoms with van der Waals surface area (Å²) in [5, 5.41) is 2.90. The highest BCUT2D eigenvalue weighted by molar-refractivity contribution is 6.02. The van der Waals surface area contributed by atoms with Gasteiger partial charge in [-0.05, 0) is 0 Å². The van der Waals surface area contributed by atoms with E-state index < -0.39 is 6.29 Å². The molecule has 0 aromatic rings. The van der Waals surface area contributed by atoms with Crippen LogP contribution in [0.25, 0.3) is 0 Å². The fraction of sp³-hybridized carbons (Fsp3) is 0.333. The van der Waals surface area contributed by atoms with Crippen LogP contribution < -0.4 is 16.8 Å². The van der Waals surface area contributed by atoms with Crippen molar-refractivity contribution in [3.8, 4) is 0 Å². The molecule has 0 radical (unpaired) electrons. The van der Waals surface area contributed by atoms with Crippen LogP contribution in [0.15, 0.2) is 21.4 Å². The molecular weight excluding hydrogens is 142 g/mol. The summed E-state index contributed by atoms with van der Waals surface area (Å²) in [6, 6.07) is 0. The minimum absolute atomic E-state index is 0.441. The summed E-state index contributed by atoms with van der Waals surface area (Å²) in [4.78, 5) is 8.01. The van der Waals surface area contributed by atoms with Crippen LogP contribution in [0.1, 0.15) is 6.42 Å². The maximum Gasteiger partial charge on any atom is 0.174 e. The summed E-state index contributed by atoms with van der Waals surface area (Å²) in [6.07, 6.45) is 2.10. The predicted octanol–water partition coefficient (Wildman–Crippen LogP) is -1.12. The Balaban J connectivity index is 2.36. The molecule has 2 heterocycles. The molecule has 1 unspecified atom stereocenters. The zero-order chi connectivity index (χ0) is 7.84. The second kappa shape index (κ2) is 2.06. The molecule has 2 aliphatic rings. The topological polar surface area (TPSA) is 88.8 Å². The molecule has 11 heavy (non-hydrogen) atoms. The number of aliphatic imine (C=N–C) groups is 2. The van der Waals surface area contributed by atoms with E-state index >= 15 is 0 Å². The SMILES string of the molecule is NC1=NC(N)NC2=C1CC=N2. The van der Waals surface area contributed by atoms with Crippen molar-refractivity contribution in [2.45, 2.75) is 12.7 Å². The zero-order valence-corrected chi connectivity index (χ0v) is 5.91. The van der Waals surface area contributed by atoms with E-state index in [4.69, 9.17) is 11.5 Å². The first kappa shape index (κ1) is 6.36. The van der Waals surface area contributed by atoms with E-state index in [1.54, 1.807) is 6.21 Å². The zero-order valence-electron chi connectivity index (χ0n) is 5.91. The highest BCUT2D eigenvalue weighted by Crippen LogP contribution is 2.16. The average molecular weight is 151 g/mol. The molecule has 0 fully saturated rings. The third-order valence-electron chi connectivity index (χ3n) is 1.67. The molecular formula is C6H9N5. The van der Waals surface area contributed by atoms with Crippen LogP contribution in [-0.4, -0.2) is 18.3 Å². The van der Waals surface area contributed by atoms with Crippen molar-refractivity contribution in [1.82, 2.24) is 5.32 Å². The van der Waals surface area contributed by atoms with Gasteiger partial charge in [0, 0.05) is 18.2 Å². The lowest BCUT2D eigenvalue weighted by molar-refractivity contribution is 0.599. The third kappa shape index (κ3) is 0.894. The fourth-order valence-electron chi connectivity index (χ4n) is 1.15. The van der Waals surface area contributed by atoms with Crippen LogP contribution in [-0.2, 0) is 0 Å². The normalized spacial score (nSPS) is 28.1. The molecule has 0 aromatic heterocycles. The van der Waals surface area contributed by atoms with Gasteiger partial charge in [-0.2, -0.15) is 0 Å². The van der Waals surface area contributed by atoms with Gasteiger partial charge >= 0.3 is 0 Å². The Kier molecular flexibility index (Phi) is 1.19. The Morgan fingerprint density at radius 2 is 2.45 bits per heavy atom. The van der Waals surface area contributed by atoms with Gasteiger partial charge in [-0.3, -0.25) is 5.73 Å². The number of nitrogens with zero attached hydrogens (tertiary/aromatic N) is 2. The molecule has 2 aliphatic heterocycles. The first-order chi connectivity index (χ1) is 5.27. The van der Waals surface area contributed by atoms with Gasteiger partial charge in [0.25, 0.3) is 0 Å². The van der Waals surface area contributed by atoms with Gasteiger partial charge in [-0.15, -0.1) is 0 Å². The number of nitrogens with one attached hydrogen (secondary N) is 1. The fourth-order valence-corrected chi connectivity index (χ4v) is 1.15. The van der Waals surface area contributed by atoms with E-state index in [0.717, 1.165) is 17.8 Å². The van der Waals surface area contributed by atoms with Crippen LogP contribution in [0, 0.1) is 0 Å². The molecule has 0 spiro atoms. The second-order valence-corrected chi connectivity index (χ2v) is 2.45. The van der Waals surface area contributed by atoms with Crippen molar-refractivity contribution in [3.63, 3.8) is 0 Å². The summed E-state index contributed by atoms with van der Waals surface area (Å²) in [5.74, 6) is 1.27. The Bertz CT molecular complexity index is 275. The van der Waals surface area contributed by atoms with Crippen LogP contribution in [0.4, 0.5) is 0 Å². The standard InChI is InChI=1S/C6H9N5/c7-4-3-1-2-9-5(3)11-6(8)10-4/h2,6,11H,1,8H2,(H2,7,10). The Hall–Kier alpha value is -1.36. The van der Waals surface area contributed by atoms with E-state index in [1.807, 2.05) is 0 Å². The minimum atomic E-state index is -0.441. The highest BCUT2D eigenvalue weighted by Gasteiger charge is 2.20. The van der Waals surface area contributed by atoms with E-state index in [0.29, 0.717) is 5.84 Å². The lowest BCUT2D eigenvalue weighted by Crippen LogP contribution is -2.41. The quantitative estimate of drug-likeness (QED) is 0.409. The highest BCUT2D eigenvalue weighted by atomic mass is 15.3. The monoisotopic (exact) mass is 151 g/mol. The molecule has 0 aromatic carbocycles. The molecule has 1 atom stereocenters. The van der Waals surface area contributed by atoms with Crippen molar-refractivity contribution in [3.05, 3.63) is 11.4 Å². The Morgan fingerprint density at radius 3 is 3.27 bits per heavy atom. The van der Waals surface area contributed by atoms with E-state index in [1.165, 1.54) is 0 Å². The summed E-state index contributed by atoms with van der Waals surface area (Å²) >= 11 is 0. The smallest absolute Gasteiger partial charge is 0.174 e. The predicted molar refractivity (Wildman–Crippen MR) is 42.9 cm³/mol. The van der Waals surface area contributed by atoms with Gasteiger partial charge < -0.3 is 11.1 Å². The summed E-state index contributed by atoms with van der Waals surface area (Å²) in [6.45, 7) is 0. The van der Waals surface area contributed by atoms with E-state index in [9.17, 15) is 0 Å². The van der Waals surface area contributed by atoms with E-state index in [-0.39, 0.29) is 0 Å². The van der Waals surface area contributed by atoms with Gasteiger partial charge in [0.2, 0.25) is 0 Å². The molecule has 0 saturated heterocycles. The van der Waals surface area contributed by atoms with Crippen molar-refractivity contribution in [1.29, 1.82) is 0 Å². The summed E-state index contributed by atoms with van der Waals surface area (Å²) in [5.41, 5.74) is 12.0. The first-order valence-electron chi connectivity index (χ1n) is 3.39. The lowest BCUT2D eigenvalue weighted by atomic mass is 10.2. The summed E-state index contributed by atoms with van der Waals surface area (Å²) in [7, 11) is 0. The Labute approximate surface area is 63.9 Å². The average Bonchev–Trinajstić information content (AvgIpc) is 2.34.